The van der Waals surface area contributed by atoms with E-state index in [4.69, 9.17) is 4.42 Å². The number of hydrogen-bond acceptors (Lipinski definition) is 3. The van der Waals surface area contributed by atoms with Gasteiger partial charge in [-0.25, -0.2) is 0 Å². The van der Waals surface area contributed by atoms with Crippen LogP contribution in [0.3, 0.4) is 0 Å². The number of rotatable bonds is 8. The maximum absolute atomic E-state index is 10.3. The third-order valence-corrected chi connectivity index (χ3v) is 3.00. The number of furan rings is 1. The molecule has 0 fully saturated rings. The molecule has 1 rings (SSSR count). The van der Waals surface area contributed by atoms with Gasteiger partial charge in [-0.05, 0) is 38.3 Å². The van der Waals surface area contributed by atoms with Gasteiger partial charge in [0.25, 0.3) is 0 Å². The SMILES string of the molecule is C=CCCC(CC)NCC(C)(O)c1ccco1. The minimum absolute atomic E-state index is 0.412. The van der Waals surface area contributed by atoms with E-state index in [-0.39, 0.29) is 0 Å². The van der Waals surface area contributed by atoms with Crippen molar-refractivity contribution in [3.63, 3.8) is 0 Å². The highest BCUT2D eigenvalue weighted by molar-refractivity contribution is 5.08. The van der Waals surface area contributed by atoms with E-state index in [0.29, 0.717) is 18.3 Å². The quantitative estimate of drug-likeness (QED) is 0.683. The first-order chi connectivity index (χ1) is 8.10. The lowest BCUT2D eigenvalue weighted by molar-refractivity contribution is 0.0312. The Morgan fingerprint density at radius 3 is 2.94 bits per heavy atom. The van der Waals surface area contributed by atoms with Gasteiger partial charge in [-0.3, -0.25) is 0 Å². The molecule has 96 valence electrons. The standard InChI is InChI=1S/C14H23NO2/c1-4-6-8-12(5-2)15-11-14(3,16)13-9-7-10-17-13/h4,7,9-10,12,15-16H,1,5-6,8,11H2,2-3H3. The van der Waals surface area contributed by atoms with E-state index in [1.165, 1.54) is 0 Å². The maximum atomic E-state index is 10.3. The van der Waals surface area contributed by atoms with E-state index in [9.17, 15) is 5.11 Å². The van der Waals surface area contributed by atoms with Crippen LogP contribution in [-0.2, 0) is 5.60 Å². The lowest BCUT2D eigenvalue weighted by Crippen LogP contribution is -2.40. The summed E-state index contributed by atoms with van der Waals surface area (Å²) < 4.78 is 5.24. The molecule has 1 aromatic rings. The van der Waals surface area contributed by atoms with Gasteiger partial charge in [-0.15, -0.1) is 6.58 Å². The Morgan fingerprint density at radius 1 is 1.65 bits per heavy atom. The lowest BCUT2D eigenvalue weighted by atomic mass is 10.0. The van der Waals surface area contributed by atoms with Crippen LogP contribution < -0.4 is 5.32 Å². The van der Waals surface area contributed by atoms with Crippen molar-refractivity contribution >= 4 is 0 Å². The zero-order valence-corrected chi connectivity index (χ0v) is 10.8. The third kappa shape index (κ3) is 4.36. The van der Waals surface area contributed by atoms with Crippen molar-refractivity contribution < 1.29 is 9.52 Å². The first kappa shape index (κ1) is 14.0. The Morgan fingerprint density at radius 2 is 2.41 bits per heavy atom. The van der Waals surface area contributed by atoms with Crippen molar-refractivity contribution in [2.24, 2.45) is 0 Å². The average Bonchev–Trinajstić information content (AvgIpc) is 2.83. The Bertz CT molecular complexity index is 317. The van der Waals surface area contributed by atoms with Crippen LogP contribution in [0.4, 0.5) is 0 Å². The van der Waals surface area contributed by atoms with Gasteiger partial charge < -0.3 is 14.8 Å². The zero-order chi connectivity index (χ0) is 12.7. The van der Waals surface area contributed by atoms with Crippen molar-refractivity contribution in [3.05, 3.63) is 36.8 Å². The first-order valence-corrected chi connectivity index (χ1v) is 6.20. The van der Waals surface area contributed by atoms with Crippen molar-refractivity contribution in [3.8, 4) is 0 Å². The molecule has 3 heteroatoms. The van der Waals surface area contributed by atoms with Gasteiger partial charge in [-0.2, -0.15) is 0 Å². The van der Waals surface area contributed by atoms with E-state index >= 15 is 0 Å². The summed E-state index contributed by atoms with van der Waals surface area (Å²) >= 11 is 0. The summed E-state index contributed by atoms with van der Waals surface area (Å²) in [6.07, 6.45) is 6.60. The number of allylic oxidation sites excluding steroid dienone is 1. The zero-order valence-electron chi connectivity index (χ0n) is 10.8. The van der Waals surface area contributed by atoms with Crippen molar-refractivity contribution in [2.45, 2.75) is 44.8 Å². The van der Waals surface area contributed by atoms with Gasteiger partial charge in [0, 0.05) is 12.6 Å². The summed E-state index contributed by atoms with van der Waals surface area (Å²) in [5.74, 6) is 0.601. The van der Waals surface area contributed by atoms with Crippen LogP contribution in [0.2, 0.25) is 0 Å². The molecule has 17 heavy (non-hydrogen) atoms. The molecule has 2 N–H and O–H groups in total. The minimum Gasteiger partial charge on any atom is -0.466 e. The van der Waals surface area contributed by atoms with Crippen LogP contribution in [0.5, 0.6) is 0 Å². The highest BCUT2D eigenvalue weighted by Crippen LogP contribution is 2.20. The van der Waals surface area contributed by atoms with E-state index in [1.807, 2.05) is 6.08 Å². The summed E-state index contributed by atoms with van der Waals surface area (Å²) in [6, 6.07) is 4.00. The number of hydrogen-bond donors (Lipinski definition) is 2. The predicted octanol–water partition coefficient (Wildman–Crippen LogP) is 2.82. The molecule has 0 saturated heterocycles. The van der Waals surface area contributed by atoms with Gasteiger partial charge in [0.1, 0.15) is 11.4 Å². The van der Waals surface area contributed by atoms with Gasteiger partial charge >= 0.3 is 0 Å². The molecule has 3 nitrogen and oxygen atoms in total. The second-order valence-corrected chi connectivity index (χ2v) is 4.60. The number of nitrogens with one attached hydrogen (secondary N) is 1. The second-order valence-electron chi connectivity index (χ2n) is 4.60. The maximum Gasteiger partial charge on any atom is 0.136 e. The van der Waals surface area contributed by atoms with E-state index in [1.54, 1.807) is 25.3 Å². The molecule has 2 unspecified atom stereocenters. The smallest absolute Gasteiger partial charge is 0.136 e. The largest absolute Gasteiger partial charge is 0.466 e. The summed E-state index contributed by atoms with van der Waals surface area (Å²) in [6.45, 7) is 8.12. The molecular formula is C14H23NO2. The highest BCUT2D eigenvalue weighted by Gasteiger charge is 2.26. The Hall–Kier alpha value is -1.06. The fourth-order valence-electron chi connectivity index (χ4n) is 1.78. The lowest BCUT2D eigenvalue weighted by Gasteiger charge is -2.25. The normalized spacial score (nSPS) is 16.4. The fourth-order valence-corrected chi connectivity index (χ4v) is 1.78. The van der Waals surface area contributed by atoms with Crippen LogP contribution in [0, 0.1) is 0 Å². The van der Waals surface area contributed by atoms with Crippen molar-refractivity contribution in [2.75, 3.05) is 6.54 Å². The first-order valence-electron chi connectivity index (χ1n) is 6.20. The molecule has 0 amide bonds. The monoisotopic (exact) mass is 237 g/mol. The molecule has 0 spiro atoms. The van der Waals surface area contributed by atoms with E-state index in [2.05, 4.69) is 18.8 Å². The van der Waals surface area contributed by atoms with Crippen LogP contribution in [0.15, 0.2) is 35.5 Å². The molecule has 0 bridgehead atoms. The van der Waals surface area contributed by atoms with Crippen LogP contribution in [-0.4, -0.2) is 17.7 Å². The van der Waals surface area contributed by atoms with Crippen LogP contribution in [0.1, 0.15) is 38.9 Å². The molecule has 1 heterocycles. The summed E-state index contributed by atoms with van der Waals surface area (Å²) in [5.41, 5.74) is -0.953. The van der Waals surface area contributed by atoms with Crippen LogP contribution in [0.25, 0.3) is 0 Å². The Balaban J connectivity index is 2.45. The molecule has 0 aliphatic carbocycles. The summed E-state index contributed by atoms with van der Waals surface area (Å²) in [7, 11) is 0. The molecular weight excluding hydrogens is 214 g/mol. The Kier molecular flexibility index (Phi) is 5.45. The van der Waals surface area contributed by atoms with E-state index in [0.717, 1.165) is 19.3 Å². The Labute approximate surface area is 104 Å². The van der Waals surface area contributed by atoms with Gasteiger partial charge in [-0.1, -0.05) is 13.0 Å². The van der Waals surface area contributed by atoms with Crippen LogP contribution >= 0.6 is 0 Å². The molecule has 0 aromatic carbocycles. The van der Waals surface area contributed by atoms with Gasteiger partial charge in [0.15, 0.2) is 0 Å². The van der Waals surface area contributed by atoms with Crippen molar-refractivity contribution in [1.82, 2.24) is 5.32 Å². The fraction of sp³-hybridized carbons (Fsp3) is 0.571. The summed E-state index contributed by atoms with van der Waals surface area (Å²) in [5, 5.41) is 13.6. The molecule has 0 radical (unpaired) electrons. The minimum atomic E-state index is -0.953. The van der Waals surface area contributed by atoms with Crippen molar-refractivity contribution in [1.29, 1.82) is 0 Å². The molecule has 0 aliphatic rings. The molecule has 0 saturated carbocycles. The van der Waals surface area contributed by atoms with E-state index < -0.39 is 5.60 Å². The molecule has 1 aromatic heterocycles. The number of aliphatic hydroxyl groups is 1. The molecule has 2 atom stereocenters. The predicted molar refractivity (Wildman–Crippen MR) is 69.8 cm³/mol. The topological polar surface area (TPSA) is 45.4 Å². The highest BCUT2D eigenvalue weighted by atomic mass is 16.4. The molecule has 0 aliphatic heterocycles. The average molecular weight is 237 g/mol. The van der Waals surface area contributed by atoms with Gasteiger partial charge in [0.2, 0.25) is 0 Å². The third-order valence-electron chi connectivity index (χ3n) is 3.00. The second kappa shape index (κ2) is 6.62. The summed E-state index contributed by atoms with van der Waals surface area (Å²) in [4.78, 5) is 0. The van der Waals surface area contributed by atoms with Gasteiger partial charge in [0.05, 0.1) is 6.26 Å².